The Morgan fingerprint density at radius 2 is 1.54 bits per heavy atom. The lowest BCUT2D eigenvalue weighted by molar-refractivity contribution is -0.116. The van der Waals surface area contributed by atoms with Gasteiger partial charge in [-0.25, -0.2) is 8.42 Å². The Morgan fingerprint density at radius 3 is 2.15 bits per heavy atom. The lowest BCUT2D eigenvalue weighted by Gasteiger charge is -2.31. The second-order valence-electron chi connectivity index (χ2n) is 6.61. The molecule has 26 heavy (non-hydrogen) atoms. The molecule has 1 saturated heterocycles. The van der Waals surface area contributed by atoms with Crippen molar-refractivity contribution in [2.24, 2.45) is 5.92 Å². The van der Waals surface area contributed by atoms with Crippen molar-refractivity contribution < 1.29 is 13.2 Å². The molecule has 6 heteroatoms. The minimum absolute atomic E-state index is 0.00976. The molecule has 2 aromatic carbocycles. The van der Waals surface area contributed by atoms with E-state index < -0.39 is 10.0 Å². The van der Waals surface area contributed by atoms with Gasteiger partial charge in [0, 0.05) is 25.2 Å². The maximum absolute atomic E-state index is 12.6. The van der Waals surface area contributed by atoms with Gasteiger partial charge in [0.05, 0.1) is 4.90 Å². The van der Waals surface area contributed by atoms with E-state index in [1.165, 1.54) is 0 Å². The number of rotatable bonds is 6. The average molecular weight is 372 g/mol. The lowest BCUT2D eigenvalue weighted by atomic mass is 9.93. The smallest absolute Gasteiger partial charge is 0.243 e. The largest absolute Gasteiger partial charge is 0.326 e. The number of piperidine rings is 1. The highest BCUT2D eigenvalue weighted by molar-refractivity contribution is 7.89. The molecule has 0 aliphatic carbocycles. The van der Waals surface area contributed by atoms with Crippen LogP contribution in [0.4, 0.5) is 5.69 Å². The Morgan fingerprint density at radius 1 is 0.962 bits per heavy atom. The second kappa shape index (κ2) is 8.47. The van der Waals surface area contributed by atoms with Gasteiger partial charge in [-0.05, 0) is 49.4 Å². The monoisotopic (exact) mass is 372 g/mol. The van der Waals surface area contributed by atoms with Gasteiger partial charge in [-0.15, -0.1) is 0 Å². The van der Waals surface area contributed by atoms with Crippen LogP contribution in [0, 0.1) is 5.92 Å². The summed E-state index contributed by atoms with van der Waals surface area (Å²) in [5.41, 5.74) is 0.807. The number of carbonyl (C=O) groups excluding carboxylic acids is 1. The number of nitrogens with one attached hydrogen (secondary N) is 1. The zero-order valence-electron chi connectivity index (χ0n) is 14.7. The highest BCUT2D eigenvalue weighted by Gasteiger charge is 2.29. The number of sulfonamides is 1. The molecule has 1 fully saturated rings. The summed E-state index contributed by atoms with van der Waals surface area (Å²) in [6, 6.07) is 18.0. The van der Waals surface area contributed by atoms with Crippen LogP contribution in [-0.2, 0) is 14.8 Å². The first-order valence-corrected chi connectivity index (χ1v) is 10.4. The highest BCUT2D eigenvalue weighted by atomic mass is 32.2. The molecule has 1 aliphatic heterocycles. The molecule has 0 aromatic heterocycles. The topological polar surface area (TPSA) is 66.5 Å². The van der Waals surface area contributed by atoms with Crippen molar-refractivity contribution >= 4 is 21.6 Å². The van der Waals surface area contributed by atoms with Crippen LogP contribution in [0.5, 0.6) is 0 Å². The zero-order valence-corrected chi connectivity index (χ0v) is 15.5. The summed E-state index contributed by atoms with van der Waals surface area (Å²) in [7, 11) is -3.40. The summed E-state index contributed by atoms with van der Waals surface area (Å²) < 4.78 is 26.8. The molecule has 0 bridgehead atoms. The number of amides is 1. The Balaban J connectivity index is 1.46. The van der Waals surface area contributed by atoms with Crippen molar-refractivity contribution in [2.75, 3.05) is 18.4 Å². The molecule has 1 heterocycles. The van der Waals surface area contributed by atoms with E-state index in [9.17, 15) is 13.2 Å². The number of hydrogen-bond acceptors (Lipinski definition) is 3. The third-order valence-electron chi connectivity index (χ3n) is 4.79. The first-order chi connectivity index (χ1) is 12.6. The molecule has 3 rings (SSSR count). The van der Waals surface area contributed by atoms with Gasteiger partial charge >= 0.3 is 0 Å². The molecule has 1 N–H and O–H groups in total. The molecule has 138 valence electrons. The average Bonchev–Trinajstić information content (AvgIpc) is 2.68. The van der Waals surface area contributed by atoms with E-state index in [0.29, 0.717) is 30.3 Å². The minimum Gasteiger partial charge on any atom is -0.326 e. The van der Waals surface area contributed by atoms with Crippen LogP contribution in [0.15, 0.2) is 65.6 Å². The normalized spacial score (nSPS) is 16.3. The predicted octanol–water partition coefficient (Wildman–Crippen LogP) is 3.51. The molecular formula is C20H24N2O3S. The molecule has 2 aromatic rings. The molecule has 1 aliphatic rings. The molecule has 0 radical (unpaired) electrons. The Labute approximate surface area is 155 Å². The lowest BCUT2D eigenvalue weighted by Crippen LogP contribution is -2.38. The number of benzene rings is 2. The predicted molar refractivity (Wildman–Crippen MR) is 102 cm³/mol. The maximum Gasteiger partial charge on any atom is 0.243 e. The minimum atomic E-state index is -3.40. The molecule has 0 spiro atoms. The van der Waals surface area contributed by atoms with Crippen LogP contribution in [0.2, 0.25) is 0 Å². The van der Waals surface area contributed by atoms with Crippen molar-refractivity contribution in [3.8, 4) is 0 Å². The highest BCUT2D eigenvalue weighted by Crippen LogP contribution is 2.26. The van der Waals surface area contributed by atoms with Crippen LogP contribution >= 0.6 is 0 Å². The van der Waals surface area contributed by atoms with Crippen LogP contribution in [-0.4, -0.2) is 31.7 Å². The van der Waals surface area contributed by atoms with Crippen molar-refractivity contribution in [3.05, 3.63) is 60.7 Å². The summed E-state index contributed by atoms with van der Waals surface area (Å²) in [6.45, 7) is 1.03. The first-order valence-electron chi connectivity index (χ1n) is 8.96. The number of hydrogen-bond donors (Lipinski definition) is 1. The quantitative estimate of drug-likeness (QED) is 0.844. The Hall–Kier alpha value is -2.18. The molecule has 5 nitrogen and oxygen atoms in total. The van der Waals surface area contributed by atoms with Gasteiger partial charge in [0.25, 0.3) is 0 Å². The summed E-state index contributed by atoms with van der Waals surface area (Å²) in [4.78, 5) is 12.4. The number of para-hydroxylation sites is 1. The number of anilines is 1. The standard InChI is InChI=1S/C20H24N2O3S/c23-20(21-18-7-3-1-4-8-18)12-11-17-13-15-22(16-14-17)26(24,25)19-9-5-2-6-10-19/h1-10,17H,11-16H2,(H,21,23). The van der Waals surface area contributed by atoms with Crippen molar-refractivity contribution in [1.82, 2.24) is 4.31 Å². The summed E-state index contributed by atoms with van der Waals surface area (Å²) >= 11 is 0. The van der Waals surface area contributed by atoms with Crippen LogP contribution in [0.3, 0.4) is 0 Å². The van der Waals surface area contributed by atoms with E-state index in [2.05, 4.69) is 5.32 Å². The third kappa shape index (κ3) is 4.71. The number of nitrogens with zero attached hydrogens (tertiary/aromatic N) is 1. The van der Waals surface area contributed by atoms with Crippen LogP contribution < -0.4 is 5.32 Å². The zero-order chi connectivity index (χ0) is 18.4. The Kier molecular flexibility index (Phi) is 6.06. The molecular weight excluding hydrogens is 348 g/mol. The van der Waals surface area contributed by atoms with Gasteiger partial charge in [0.15, 0.2) is 0 Å². The molecule has 0 saturated carbocycles. The molecule has 0 unspecified atom stereocenters. The van der Waals surface area contributed by atoms with Gasteiger partial charge in [-0.3, -0.25) is 4.79 Å². The van der Waals surface area contributed by atoms with Crippen molar-refractivity contribution in [1.29, 1.82) is 0 Å². The summed E-state index contributed by atoms with van der Waals surface area (Å²) in [6.07, 6.45) is 2.85. The summed E-state index contributed by atoms with van der Waals surface area (Å²) in [5.74, 6) is 0.397. The Bertz CT molecular complexity index is 815. The third-order valence-corrected chi connectivity index (χ3v) is 6.70. The fraction of sp³-hybridized carbons (Fsp3) is 0.350. The van der Waals surface area contributed by atoms with Crippen LogP contribution in [0.25, 0.3) is 0 Å². The SMILES string of the molecule is O=C(CCC1CCN(S(=O)(=O)c2ccccc2)CC1)Nc1ccccc1. The van der Waals surface area contributed by atoms with E-state index >= 15 is 0 Å². The number of carbonyl (C=O) groups is 1. The van der Waals surface area contributed by atoms with Crippen LogP contribution in [0.1, 0.15) is 25.7 Å². The van der Waals surface area contributed by atoms with E-state index in [4.69, 9.17) is 0 Å². The van der Waals surface area contributed by atoms with Gasteiger partial charge in [0.2, 0.25) is 15.9 Å². The van der Waals surface area contributed by atoms with Gasteiger partial charge in [-0.1, -0.05) is 36.4 Å². The molecule has 1 amide bonds. The molecule has 0 atom stereocenters. The fourth-order valence-corrected chi connectivity index (χ4v) is 4.75. The fourth-order valence-electron chi connectivity index (χ4n) is 3.26. The summed E-state index contributed by atoms with van der Waals surface area (Å²) in [5, 5.41) is 2.89. The van der Waals surface area contributed by atoms with Gasteiger partial charge in [-0.2, -0.15) is 4.31 Å². The van der Waals surface area contributed by atoms with Crippen molar-refractivity contribution in [3.63, 3.8) is 0 Å². The van der Waals surface area contributed by atoms with E-state index in [-0.39, 0.29) is 5.91 Å². The van der Waals surface area contributed by atoms with Gasteiger partial charge < -0.3 is 5.32 Å². The second-order valence-corrected chi connectivity index (χ2v) is 8.55. The van der Waals surface area contributed by atoms with E-state index in [1.807, 2.05) is 36.4 Å². The van der Waals surface area contributed by atoms with E-state index in [0.717, 1.165) is 24.9 Å². The first kappa shape index (κ1) is 18.6. The van der Waals surface area contributed by atoms with Crippen molar-refractivity contribution in [2.45, 2.75) is 30.6 Å². The van der Waals surface area contributed by atoms with E-state index in [1.54, 1.807) is 28.6 Å². The van der Waals surface area contributed by atoms with Gasteiger partial charge in [0.1, 0.15) is 0 Å². The maximum atomic E-state index is 12.6.